The van der Waals surface area contributed by atoms with E-state index in [0.717, 1.165) is 32.5 Å². The molecule has 0 aliphatic carbocycles. The lowest BCUT2D eigenvalue weighted by atomic mass is 9.74. The van der Waals surface area contributed by atoms with Crippen molar-refractivity contribution in [1.82, 2.24) is 0 Å². The van der Waals surface area contributed by atoms with Crippen LogP contribution in [0.2, 0.25) is 0 Å². The van der Waals surface area contributed by atoms with E-state index in [1.807, 2.05) is 82.3 Å². The SMILES string of the molecule is CC1(C)OB(c2ccccc2-c2ccccc2P(c2ccc(F)cc2)c2ccc(F)cc2)OC1(C)C. The van der Waals surface area contributed by atoms with Crippen molar-refractivity contribution in [3.8, 4) is 11.1 Å². The van der Waals surface area contributed by atoms with Crippen LogP contribution in [-0.2, 0) is 9.31 Å². The Hall–Kier alpha value is -2.85. The van der Waals surface area contributed by atoms with Gasteiger partial charge in [0.15, 0.2) is 0 Å². The molecule has 4 aromatic rings. The van der Waals surface area contributed by atoms with Crippen molar-refractivity contribution in [2.75, 3.05) is 0 Å². The Balaban J connectivity index is 1.67. The topological polar surface area (TPSA) is 18.5 Å². The first-order chi connectivity index (χ1) is 17.2. The summed E-state index contributed by atoms with van der Waals surface area (Å²) in [6, 6.07) is 29.6. The smallest absolute Gasteiger partial charge is 0.399 e. The van der Waals surface area contributed by atoms with Gasteiger partial charge in [-0.1, -0.05) is 72.8 Å². The Kier molecular flexibility index (Phi) is 6.59. The second-order valence-corrected chi connectivity index (χ2v) is 12.2. The molecule has 0 spiro atoms. The molecule has 4 aromatic carbocycles. The van der Waals surface area contributed by atoms with Gasteiger partial charge < -0.3 is 9.31 Å². The van der Waals surface area contributed by atoms with Crippen molar-refractivity contribution in [2.24, 2.45) is 0 Å². The third kappa shape index (κ3) is 4.64. The van der Waals surface area contributed by atoms with Gasteiger partial charge in [0.25, 0.3) is 0 Å². The minimum atomic E-state index is -1.09. The summed E-state index contributed by atoms with van der Waals surface area (Å²) in [6.45, 7) is 8.19. The van der Waals surface area contributed by atoms with Crippen LogP contribution < -0.4 is 21.4 Å². The summed E-state index contributed by atoms with van der Waals surface area (Å²) in [5.74, 6) is -0.570. The van der Waals surface area contributed by atoms with Crippen molar-refractivity contribution >= 4 is 36.4 Å². The number of halogens is 2. The highest BCUT2D eigenvalue weighted by molar-refractivity contribution is 7.80. The second-order valence-electron chi connectivity index (χ2n) is 9.98. The van der Waals surface area contributed by atoms with Gasteiger partial charge in [-0.3, -0.25) is 0 Å². The summed E-state index contributed by atoms with van der Waals surface area (Å²) >= 11 is 0. The summed E-state index contributed by atoms with van der Waals surface area (Å²) in [7, 11) is -1.60. The van der Waals surface area contributed by atoms with Gasteiger partial charge in [0.2, 0.25) is 0 Å². The van der Waals surface area contributed by atoms with E-state index >= 15 is 0 Å². The minimum Gasteiger partial charge on any atom is -0.399 e. The molecule has 36 heavy (non-hydrogen) atoms. The Labute approximate surface area is 213 Å². The predicted molar refractivity (Wildman–Crippen MR) is 146 cm³/mol. The van der Waals surface area contributed by atoms with Gasteiger partial charge in [-0.25, -0.2) is 8.78 Å². The summed E-state index contributed by atoms with van der Waals surface area (Å²) in [5, 5.41) is 3.06. The fourth-order valence-electron chi connectivity index (χ4n) is 4.42. The van der Waals surface area contributed by atoms with E-state index in [1.165, 1.54) is 24.3 Å². The molecule has 1 saturated heterocycles. The lowest BCUT2D eigenvalue weighted by Crippen LogP contribution is -2.41. The molecule has 0 aromatic heterocycles. The first kappa shape index (κ1) is 24.8. The molecular formula is C30H28BF2O2P. The molecule has 5 rings (SSSR count). The quantitative estimate of drug-likeness (QED) is 0.259. The highest BCUT2D eigenvalue weighted by Gasteiger charge is 2.52. The fourth-order valence-corrected chi connectivity index (χ4v) is 6.84. The van der Waals surface area contributed by atoms with Gasteiger partial charge in [0, 0.05) is 0 Å². The third-order valence-corrected chi connectivity index (χ3v) is 9.57. The molecule has 0 amide bonds. The summed E-state index contributed by atoms with van der Waals surface area (Å²) < 4.78 is 40.5. The van der Waals surface area contributed by atoms with Crippen molar-refractivity contribution in [3.63, 3.8) is 0 Å². The van der Waals surface area contributed by atoms with Crippen LogP contribution >= 0.6 is 7.92 Å². The Morgan fingerprint density at radius 3 is 1.56 bits per heavy atom. The molecule has 0 N–H and O–H groups in total. The molecule has 0 saturated carbocycles. The molecule has 1 aliphatic rings. The zero-order valence-electron chi connectivity index (χ0n) is 20.8. The van der Waals surface area contributed by atoms with Crippen LogP contribution in [0.4, 0.5) is 8.78 Å². The van der Waals surface area contributed by atoms with Crippen LogP contribution in [-0.4, -0.2) is 18.3 Å². The maximum atomic E-state index is 13.8. The summed E-state index contributed by atoms with van der Waals surface area (Å²) in [5.41, 5.74) is 2.10. The maximum Gasteiger partial charge on any atom is 0.495 e. The molecular weight excluding hydrogens is 472 g/mol. The average molecular weight is 500 g/mol. The van der Waals surface area contributed by atoms with Gasteiger partial charge in [0.05, 0.1) is 11.2 Å². The van der Waals surface area contributed by atoms with Crippen LogP contribution in [0.3, 0.4) is 0 Å². The van der Waals surface area contributed by atoms with E-state index in [9.17, 15) is 8.78 Å². The van der Waals surface area contributed by atoms with Gasteiger partial charge in [-0.05, 0) is 92.4 Å². The molecule has 6 heteroatoms. The third-order valence-electron chi connectivity index (χ3n) is 7.07. The van der Waals surface area contributed by atoms with Crippen LogP contribution in [0.1, 0.15) is 27.7 Å². The molecule has 2 nitrogen and oxygen atoms in total. The van der Waals surface area contributed by atoms with Gasteiger partial charge >= 0.3 is 7.12 Å². The number of hydrogen-bond donors (Lipinski definition) is 0. The van der Waals surface area contributed by atoms with Crippen LogP contribution in [0, 0.1) is 11.6 Å². The normalized spacial score (nSPS) is 16.5. The molecule has 0 atom stereocenters. The monoisotopic (exact) mass is 500 g/mol. The Morgan fingerprint density at radius 2 is 1.03 bits per heavy atom. The first-order valence-corrected chi connectivity index (χ1v) is 13.4. The maximum absolute atomic E-state index is 13.8. The largest absolute Gasteiger partial charge is 0.495 e. The molecule has 1 fully saturated rings. The lowest BCUT2D eigenvalue weighted by molar-refractivity contribution is 0.00578. The van der Waals surface area contributed by atoms with Crippen LogP contribution in [0.5, 0.6) is 0 Å². The summed E-state index contributed by atoms with van der Waals surface area (Å²) in [6.07, 6.45) is 0. The van der Waals surface area contributed by atoms with E-state index < -0.39 is 26.2 Å². The zero-order valence-corrected chi connectivity index (χ0v) is 21.7. The predicted octanol–water partition coefficient (Wildman–Crippen LogP) is 5.69. The zero-order chi connectivity index (χ0) is 25.5. The molecule has 0 bridgehead atoms. The van der Waals surface area contributed by atoms with E-state index in [0.29, 0.717) is 0 Å². The fraction of sp³-hybridized carbons (Fsp3) is 0.200. The Morgan fingerprint density at radius 1 is 0.583 bits per heavy atom. The van der Waals surface area contributed by atoms with E-state index in [-0.39, 0.29) is 11.6 Å². The highest BCUT2D eigenvalue weighted by atomic mass is 31.1. The van der Waals surface area contributed by atoms with Crippen molar-refractivity contribution in [1.29, 1.82) is 0 Å². The van der Waals surface area contributed by atoms with Gasteiger partial charge in [0.1, 0.15) is 11.6 Å². The van der Waals surface area contributed by atoms with E-state index in [4.69, 9.17) is 9.31 Å². The van der Waals surface area contributed by atoms with Crippen molar-refractivity contribution in [3.05, 3.63) is 109 Å². The molecule has 1 aliphatic heterocycles. The van der Waals surface area contributed by atoms with Crippen molar-refractivity contribution < 1.29 is 18.1 Å². The van der Waals surface area contributed by atoms with Crippen LogP contribution in [0.15, 0.2) is 97.1 Å². The van der Waals surface area contributed by atoms with E-state index in [1.54, 1.807) is 0 Å². The van der Waals surface area contributed by atoms with Crippen molar-refractivity contribution in [2.45, 2.75) is 38.9 Å². The van der Waals surface area contributed by atoms with Crippen LogP contribution in [0.25, 0.3) is 11.1 Å². The van der Waals surface area contributed by atoms with Gasteiger partial charge in [-0.15, -0.1) is 0 Å². The standard InChI is InChI=1S/C30H28BF2O2P/c1-29(2)30(3,4)35-31(34-29)27-11-7-5-9-25(27)26-10-6-8-12-28(26)36(23-17-13-21(32)14-18-23)24-19-15-22(33)16-20-24/h5-20H,1-4H3. The van der Waals surface area contributed by atoms with Gasteiger partial charge in [-0.2, -0.15) is 0 Å². The average Bonchev–Trinajstić information content (AvgIpc) is 3.08. The first-order valence-electron chi connectivity index (χ1n) is 12.0. The minimum absolute atomic E-state index is 0.285. The number of hydrogen-bond acceptors (Lipinski definition) is 2. The van der Waals surface area contributed by atoms with E-state index in [2.05, 4.69) is 18.2 Å². The highest BCUT2D eigenvalue weighted by Crippen LogP contribution is 2.39. The number of benzene rings is 4. The lowest BCUT2D eigenvalue weighted by Gasteiger charge is -2.32. The molecule has 1 heterocycles. The molecule has 0 radical (unpaired) electrons. The molecule has 182 valence electrons. The second kappa shape index (κ2) is 9.55. The Bertz CT molecular complexity index is 1310. The number of rotatable bonds is 5. The summed E-state index contributed by atoms with van der Waals surface area (Å²) in [4.78, 5) is 0. The molecule has 0 unspecified atom stereocenters.